The van der Waals surface area contributed by atoms with E-state index in [1.807, 2.05) is 0 Å². The molecule has 2 rings (SSSR count). The van der Waals surface area contributed by atoms with Crippen molar-refractivity contribution in [2.24, 2.45) is 0 Å². The van der Waals surface area contributed by atoms with Crippen molar-refractivity contribution in [1.29, 1.82) is 0 Å². The molecule has 1 aromatic heterocycles. The molecule has 0 saturated carbocycles. The van der Waals surface area contributed by atoms with Crippen molar-refractivity contribution in [3.8, 4) is 5.69 Å². The standard InChI is InChI=1S/C14H14F6N2Si/c1-23(2,3)10-11(13(15,16)17)21-22(12(10)14(18,19)20)9-7-5-4-6-8-9/h4-8H,1-3H3. The van der Waals surface area contributed by atoms with Crippen LogP contribution in [-0.2, 0) is 12.4 Å². The predicted molar refractivity (Wildman–Crippen MR) is 76.5 cm³/mol. The van der Waals surface area contributed by atoms with E-state index in [1.165, 1.54) is 43.9 Å². The van der Waals surface area contributed by atoms with Crippen molar-refractivity contribution in [2.45, 2.75) is 32.0 Å². The molecule has 2 nitrogen and oxygen atoms in total. The van der Waals surface area contributed by atoms with Gasteiger partial charge < -0.3 is 0 Å². The fourth-order valence-electron chi connectivity index (χ4n) is 2.34. The Balaban J connectivity index is 2.92. The highest BCUT2D eigenvalue weighted by Crippen LogP contribution is 2.36. The molecule has 0 aliphatic carbocycles. The van der Waals surface area contributed by atoms with E-state index in [-0.39, 0.29) is 5.69 Å². The molecule has 0 atom stereocenters. The maximum Gasteiger partial charge on any atom is 0.435 e. The van der Waals surface area contributed by atoms with E-state index in [1.54, 1.807) is 6.07 Å². The SMILES string of the molecule is C[Si](C)(C)c1c(C(F)(F)F)nn(-c2ccccc2)c1C(F)(F)F. The molecule has 2 aromatic rings. The third-order valence-corrected chi connectivity index (χ3v) is 5.15. The van der Waals surface area contributed by atoms with Gasteiger partial charge in [-0.15, -0.1) is 0 Å². The summed E-state index contributed by atoms with van der Waals surface area (Å²) in [7, 11) is -2.98. The molecule has 0 amide bonds. The summed E-state index contributed by atoms with van der Waals surface area (Å²) in [6.07, 6.45) is -9.89. The molecular weight excluding hydrogens is 338 g/mol. The number of hydrogen-bond donors (Lipinski definition) is 0. The number of alkyl halides is 6. The first kappa shape index (κ1) is 17.6. The largest absolute Gasteiger partial charge is 0.435 e. The van der Waals surface area contributed by atoms with Gasteiger partial charge in [0.05, 0.1) is 13.8 Å². The quantitative estimate of drug-likeness (QED) is 0.577. The summed E-state index contributed by atoms with van der Waals surface area (Å²) < 4.78 is 80.7. The topological polar surface area (TPSA) is 17.8 Å². The highest BCUT2D eigenvalue weighted by Gasteiger charge is 2.49. The van der Waals surface area contributed by atoms with Crippen molar-refractivity contribution >= 4 is 13.3 Å². The fraction of sp³-hybridized carbons (Fsp3) is 0.357. The van der Waals surface area contributed by atoms with Crippen LogP contribution in [0.25, 0.3) is 5.69 Å². The molecular formula is C14H14F6N2Si. The van der Waals surface area contributed by atoms with Crippen LogP contribution < -0.4 is 5.19 Å². The van der Waals surface area contributed by atoms with E-state index in [0.717, 1.165) is 0 Å². The summed E-state index contributed by atoms with van der Waals surface area (Å²) in [5, 5.41) is 2.57. The molecule has 126 valence electrons. The van der Waals surface area contributed by atoms with Crippen LogP contribution in [0.4, 0.5) is 26.3 Å². The van der Waals surface area contributed by atoms with Gasteiger partial charge in [0.2, 0.25) is 0 Å². The first-order valence-electron chi connectivity index (χ1n) is 6.67. The van der Waals surface area contributed by atoms with E-state index in [9.17, 15) is 26.3 Å². The summed E-state index contributed by atoms with van der Waals surface area (Å²) in [6, 6.07) is 7.02. The van der Waals surface area contributed by atoms with E-state index < -0.39 is 37.0 Å². The molecule has 0 bridgehead atoms. The average Bonchev–Trinajstić information content (AvgIpc) is 2.79. The Kier molecular flexibility index (Phi) is 4.12. The van der Waals surface area contributed by atoms with Gasteiger partial charge in [-0.05, 0) is 12.1 Å². The van der Waals surface area contributed by atoms with E-state index >= 15 is 0 Å². The smallest absolute Gasteiger partial charge is 0.228 e. The Morgan fingerprint density at radius 1 is 0.870 bits per heavy atom. The van der Waals surface area contributed by atoms with Crippen LogP contribution >= 0.6 is 0 Å². The molecule has 1 aromatic carbocycles. The predicted octanol–water partition coefficient (Wildman–Crippen LogP) is 4.46. The number of aromatic nitrogens is 2. The Morgan fingerprint density at radius 3 is 1.78 bits per heavy atom. The highest BCUT2D eigenvalue weighted by atomic mass is 28.3. The van der Waals surface area contributed by atoms with Gasteiger partial charge in [0.1, 0.15) is 5.69 Å². The summed E-state index contributed by atoms with van der Waals surface area (Å²) >= 11 is 0. The van der Waals surface area contributed by atoms with E-state index in [4.69, 9.17) is 0 Å². The molecule has 0 aliphatic rings. The maximum atomic E-state index is 13.5. The Morgan fingerprint density at radius 2 is 1.39 bits per heavy atom. The van der Waals surface area contributed by atoms with Gasteiger partial charge in [-0.25, -0.2) is 4.68 Å². The lowest BCUT2D eigenvalue weighted by molar-refractivity contribution is -0.142. The van der Waals surface area contributed by atoms with E-state index in [0.29, 0.717) is 4.68 Å². The molecule has 1 heterocycles. The van der Waals surface area contributed by atoms with Gasteiger partial charge in [-0.3, -0.25) is 0 Å². The lowest BCUT2D eigenvalue weighted by Crippen LogP contribution is -2.45. The lowest BCUT2D eigenvalue weighted by Gasteiger charge is -2.21. The number of para-hydroxylation sites is 1. The minimum absolute atomic E-state index is 0.0603. The number of benzene rings is 1. The van der Waals surface area contributed by atoms with Gasteiger partial charge in [0.25, 0.3) is 0 Å². The van der Waals surface area contributed by atoms with Gasteiger partial charge in [0, 0.05) is 5.19 Å². The number of hydrogen-bond acceptors (Lipinski definition) is 1. The highest BCUT2D eigenvalue weighted by molar-refractivity contribution is 6.89. The third kappa shape index (κ3) is 3.44. The number of halogens is 6. The fourth-order valence-corrected chi connectivity index (χ4v) is 4.20. The van der Waals surface area contributed by atoms with Gasteiger partial charge >= 0.3 is 12.4 Å². The molecule has 0 aliphatic heterocycles. The van der Waals surface area contributed by atoms with Crippen LogP contribution in [0.3, 0.4) is 0 Å². The first-order chi connectivity index (χ1) is 10.3. The third-order valence-electron chi connectivity index (χ3n) is 3.17. The van der Waals surface area contributed by atoms with Crippen LogP contribution in [0.5, 0.6) is 0 Å². The monoisotopic (exact) mass is 352 g/mol. The zero-order chi connectivity index (χ0) is 17.6. The number of rotatable bonds is 2. The minimum atomic E-state index is -4.95. The van der Waals surface area contributed by atoms with Crippen molar-refractivity contribution in [1.82, 2.24) is 9.78 Å². The second kappa shape index (κ2) is 5.40. The van der Waals surface area contributed by atoms with Crippen molar-refractivity contribution in [3.05, 3.63) is 41.7 Å². The molecule has 0 N–H and O–H groups in total. The van der Waals surface area contributed by atoms with Crippen LogP contribution in [0, 0.1) is 0 Å². The summed E-state index contributed by atoms with van der Waals surface area (Å²) in [5.74, 6) is 0. The van der Waals surface area contributed by atoms with Gasteiger partial charge in [-0.1, -0.05) is 37.8 Å². The van der Waals surface area contributed by atoms with Crippen LogP contribution in [0.2, 0.25) is 19.6 Å². The van der Waals surface area contributed by atoms with Gasteiger partial charge in [0.15, 0.2) is 5.69 Å². The van der Waals surface area contributed by atoms with Crippen LogP contribution in [0.1, 0.15) is 11.4 Å². The average molecular weight is 352 g/mol. The Hall–Kier alpha value is -1.77. The summed E-state index contributed by atoms with van der Waals surface area (Å²) in [5.41, 5.74) is -2.85. The molecule has 0 radical (unpaired) electrons. The summed E-state index contributed by atoms with van der Waals surface area (Å²) in [4.78, 5) is 0. The molecule has 0 fully saturated rings. The lowest BCUT2D eigenvalue weighted by atomic mass is 10.3. The summed E-state index contributed by atoms with van der Waals surface area (Å²) in [6.45, 7) is 4.30. The molecule has 9 heteroatoms. The Bertz CT molecular complexity index is 695. The molecule has 0 unspecified atom stereocenters. The number of nitrogens with zero attached hydrogens (tertiary/aromatic N) is 2. The van der Waals surface area contributed by atoms with Crippen molar-refractivity contribution < 1.29 is 26.3 Å². The normalized spacial score (nSPS) is 13.4. The zero-order valence-electron chi connectivity index (χ0n) is 12.5. The molecule has 0 spiro atoms. The van der Waals surface area contributed by atoms with Crippen LogP contribution in [-0.4, -0.2) is 17.9 Å². The maximum absolute atomic E-state index is 13.5. The first-order valence-corrected chi connectivity index (χ1v) is 10.2. The minimum Gasteiger partial charge on any atom is -0.228 e. The zero-order valence-corrected chi connectivity index (χ0v) is 13.5. The van der Waals surface area contributed by atoms with Crippen molar-refractivity contribution in [3.63, 3.8) is 0 Å². The van der Waals surface area contributed by atoms with Crippen molar-refractivity contribution in [2.75, 3.05) is 0 Å². The molecule has 0 saturated heterocycles. The second-order valence-corrected chi connectivity index (χ2v) is 11.1. The van der Waals surface area contributed by atoms with Gasteiger partial charge in [-0.2, -0.15) is 31.4 Å². The molecule has 23 heavy (non-hydrogen) atoms. The Labute approximate surface area is 129 Å². The second-order valence-electron chi connectivity index (χ2n) is 6.07. The van der Waals surface area contributed by atoms with E-state index in [2.05, 4.69) is 5.10 Å². The van der Waals surface area contributed by atoms with Crippen LogP contribution in [0.15, 0.2) is 30.3 Å².